The van der Waals surface area contributed by atoms with Crippen molar-refractivity contribution < 1.29 is 4.74 Å². The molecule has 0 saturated carbocycles. The molecule has 1 atom stereocenters. The van der Waals surface area contributed by atoms with Gasteiger partial charge in [-0.2, -0.15) is 0 Å². The SMILES string of the molecule is CCCC(C)NCCOc1cccc2ccccc12. The molecule has 0 aliphatic carbocycles. The Bertz CT molecular complexity index is 504. The fourth-order valence-electron chi connectivity index (χ4n) is 2.32. The van der Waals surface area contributed by atoms with E-state index in [1.165, 1.54) is 23.6 Å². The van der Waals surface area contributed by atoms with E-state index in [1.54, 1.807) is 0 Å². The van der Waals surface area contributed by atoms with Gasteiger partial charge < -0.3 is 10.1 Å². The molecular weight excluding hydrogens is 234 g/mol. The minimum Gasteiger partial charge on any atom is -0.492 e. The van der Waals surface area contributed by atoms with E-state index in [4.69, 9.17) is 4.74 Å². The lowest BCUT2D eigenvalue weighted by Gasteiger charge is -2.14. The van der Waals surface area contributed by atoms with Crippen LogP contribution >= 0.6 is 0 Å². The van der Waals surface area contributed by atoms with Crippen LogP contribution in [0, 0.1) is 0 Å². The van der Waals surface area contributed by atoms with Gasteiger partial charge in [-0.1, -0.05) is 49.7 Å². The van der Waals surface area contributed by atoms with Crippen molar-refractivity contribution in [2.75, 3.05) is 13.2 Å². The second kappa shape index (κ2) is 7.15. The maximum absolute atomic E-state index is 5.89. The van der Waals surface area contributed by atoms with Crippen LogP contribution in [0.3, 0.4) is 0 Å². The van der Waals surface area contributed by atoms with Gasteiger partial charge in [-0.05, 0) is 24.8 Å². The van der Waals surface area contributed by atoms with Crippen molar-refractivity contribution in [1.82, 2.24) is 5.32 Å². The van der Waals surface area contributed by atoms with Gasteiger partial charge in [0.15, 0.2) is 0 Å². The molecule has 19 heavy (non-hydrogen) atoms. The molecule has 0 saturated heterocycles. The van der Waals surface area contributed by atoms with E-state index in [2.05, 4.69) is 49.5 Å². The molecule has 0 bridgehead atoms. The summed E-state index contributed by atoms with van der Waals surface area (Å²) in [7, 11) is 0. The summed E-state index contributed by atoms with van der Waals surface area (Å²) >= 11 is 0. The summed E-state index contributed by atoms with van der Waals surface area (Å²) in [4.78, 5) is 0. The topological polar surface area (TPSA) is 21.3 Å². The monoisotopic (exact) mass is 257 g/mol. The maximum Gasteiger partial charge on any atom is 0.127 e. The van der Waals surface area contributed by atoms with Crippen LogP contribution in [0.4, 0.5) is 0 Å². The van der Waals surface area contributed by atoms with Crippen molar-refractivity contribution >= 4 is 10.8 Å². The molecule has 1 unspecified atom stereocenters. The highest BCUT2D eigenvalue weighted by Crippen LogP contribution is 2.24. The summed E-state index contributed by atoms with van der Waals surface area (Å²) in [5, 5.41) is 5.89. The fraction of sp³-hybridized carbons (Fsp3) is 0.412. The van der Waals surface area contributed by atoms with Gasteiger partial charge in [-0.3, -0.25) is 0 Å². The predicted octanol–water partition coefficient (Wildman–Crippen LogP) is 4.00. The van der Waals surface area contributed by atoms with Crippen LogP contribution < -0.4 is 10.1 Å². The zero-order chi connectivity index (χ0) is 13.5. The normalized spacial score (nSPS) is 12.5. The zero-order valence-electron chi connectivity index (χ0n) is 11.9. The molecule has 2 aromatic carbocycles. The Hall–Kier alpha value is -1.54. The Morgan fingerprint density at radius 1 is 1.11 bits per heavy atom. The van der Waals surface area contributed by atoms with Crippen molar-refractivity contribution in [3.05, 3.63) is 42.5 Å². The highest BCUT2D eigenvalue weighted by molar-refractivity contribution is 5.88. The summed E-state index contributed by atoms with van der Waals surface area (Å²) in [6.45, 7) is 6.04. The summed E-state index contributed by atoms with van der Waals surface area (Å²) in [5.41, 5.74) is 0. The molecule has 0 aliphatic rings. The van der Waals surface area contributed by atoms with Crippen molar-refractivity contribution in [1.29, 1.82) is 0 Å². The Morgan fingerprint density at radius 3 is 2.74 bits per heavy atom. The molecule has 0 aliphatic heterocycles. The van der Waals surface area contributed by atoms with E-state index in [1.807, 2.05) is 12.1 Å². The van der Waals surface area contributed by atoms with E-state index in [0.29, 0.717) is 12.6 Å². The maximum atomic E-state index is 5.89. The predicted molar refractivity (Wildman–Crippen MR) is 81.8 cm³/mol. The standard InChI is InChI=1S/C17H23NO/c1-3-7-14(2)18-12-13-19-17-11-6-9-15-8-4-5-10-16(15)17/h4-6,8-11,14,18H,3,7,12-13H2,1-2H3. The number of rotatable bonds is 7. The van der Waals surface area contributed by atoms with Crippen LogP contribution in [0.5, 0.6) is 5.75 Å². The molecular formula is C17H23NO. The largest absolute Gasteiger partial charge is 0.492 e. The second-order valence-corrected chi connectivity index (χ2v) is 4.97. The minimum absolute atomic E-state index is 0.570. The van der Waals surface area contributed by atoms with Crippen LogP contribution in [0.15, 0.2) is 42.5 Å². The van der Waals surface area contributed by atoms with Gasteiger partial charge in [0.05, 0.1) is 0 Å². The lowest BCUT2D eigenvalue weighted by Crippen LogP contribution is -2.29. The van der Waals surface area contributed by atoms with E-state index < -0.39 is 0 Å². The van der Waals surface area contributed by atoms with Crippen molar-refractivity contribution in [2.24, 2.45) is 0 Å². The van der Waals surface area contributed by atoms with Gasteiger partial charge in [-0.15, -0.1) is 0 Å². The van der Waals surface area contributed by atoms with E-state index >= 15 is 0 Å². The van der Waals surface area contributed by atoms with Crippen LogP contribution in [0.2, 0.25) is 0 Å². The number of benzene rings is 2. The van der Waals surface area contributed by atoms with Crippen molar-refractivity contribution in [3.8, 4) is 5.75 Å². The van der Waals surface area contributed by atoms with Gasteiger partial charge in [0, 0.05) is 18.0 Å². The van der Waals surface area contributed by atoms with Gasteiger partial charge in [0.25, 0.3) is 0 Å². The smallest absolute Gasteiger partial charge is 0.127 e. The number of fused-ring (bicyclic) bond motifs is 1. The molecule has 0 heterocycles. The first-order valence-corrected chi connectivity index (χ1v) is 7.15. The van der Waals surface area contributed by atoms with Crippen LogP contribution in [0.25, 0.3) is 10.8 Å². The molecule has 0 fully saturated rings. The Balaban J connectivity index is 1.88. The lowest BCUT2D eigenvalue weighted by molar-refractivity contribution is 0.308. The van der Waals surface area contributed by atoms with E-state index in [0.717, 1.165) is 12.3 Å². The molecule has 2 heteroatoms. The molecule has 0 aromatic heterocycles. The minimum atomic E-state index is 0.570. The molecule has 2 nitrogen and oxygen atoms in total. The molecule has 0 radical (unpaired) electrons. The summed E-state index contributed by atoms with van der Waals surface area (Å²) in [5.74, 6) is 0.975. The Morgan fingerprint density at radius 2 is 1.89 bits per heavy atom. The first-order chi connectivity index (χ1) is 9.31. The summed E-state index contributed by atoms with van der Waals surface area (Å²) in [6, 6.07) is 15.1. The molecule has 1 N–H and O–H groups in total. The van der Waals surface area contributed by atoms with Crippen molar-refractivity contribution in [2.45, 2.75) is 32.7 Å². The molecule has 0 amide bonds. The quantitative estimate of drug-likeness (QED) is 0.757. The van der Waals surface area contributed by atoms with Gasteiger partial charge >= 0.3 is 0 Å². The number of nitrogens with one attached hydrogen (secondary N) is 1. The Labute approximate surface area is 115 Å². The molecule has 102 valence electrons. The highest BCUT2D eigenvalue weighted by Gasteiger charge is 2.02. The lowest BCUT2D eigenvalue weighted by atomic mass is 10.1. The average Bonchev–Trinajstić information content (AvgIpc) is 2.44. The third-order valence-electron chi connectivity index (χ3n) is 3.32. The van der Waals surface area contributed by atoms with Gasteiger partial charge in [-0.25, -0.2) is 0 Å². The highest BCUT2D eigenvalue weighted by atomic mass is 16.5. The third-order valence-corrected chi connectivity index (χ3v) is 3.32. The summed E-state index contributed by atoms with van der Waals surface area (Å²) in [6.07, 6.45) is 2.44. The van der Waals surface area contributed by atoms with Crippen LogP contribution in [-0.2, 0) is 0 Å². The van der Waals surface area contributed by atoms with Crippen LogP contribution in [-0.4, -0.2) is 19.2 Å². The first kappa shape index (κ1) is 13.9. The van der Waals surface area contributed by atoms with E-state index in [-0.39, 0.29) is 0 Å². The fourth-order valence-corrected chi connectivity index (χ4v) is 2.32. The third kappa shape index (κ3) is 3.97. The van der Waals surface area contributed by atoms with Gasteiger partial charge in [0.2, 0.25) is 0 Å². The summed E-state index contributed by atoms with van der Waals surface area (Å²) < 4.78 is 5.89. The number of ether oxygens (including phenoxy) is 1. The average molecular weight is 257 g/mol. The number of hydrogen-bond donors (Lipinski definition) is 1. The van der Waals surface area contributed by atoms with Crippen molar-refractivity contribution in [3.63, 3.8) is 0 Å². The van der Waals surface area contributed by atoms with Gasteiger partial charge in [0.1, 0.15) is 12.4 Å². The van der Waals surface area contributed by atoms with E-state index in [9.17, 15) is 0 Å². The second-order valence-electron chi connectivity index (χ2n) is 4.97. The Kier molecular flexibility index (Phi) is 5.22. The first-order valence-electron chi connectivity index (χ1n) is 7.15. The van der Waals surface area contributed by atoms with Crippen LogP contribution in [0.1, 0.15) is 26.7 Å². The zero-order valence-corrected chi connectivity index (χ0v) is 11.9. The number of hydrogen-bond acceptors (Lipinski definition) is 2. The molecule has 2 rings (SSSR count). The molecule has 2 aromatic rings. The molecule has 0 spiro atoms.